The summed E-state index contributed by atoms with van der Waals surface area (Å²) in [5.41, 5.74) is 0.260. The molecule has 0 bridgehead atoms. The highest BCUT2D eigenvalue weighted by atomic mass is 35.5. The Kier molecular flexibility index (Phi) is 5.36. The molecular formula is C13H17ClN2O2S. The largest absolute Gasteiger partial charge is 0.240 e. The monoisotopic (exact) mass is 300 g/mol. The van der Waals surface area contributed by atoms with Crippen molar-refractivity contribution in [2.24, 2.45) is 5.92 Å². The van der Waals surface area contributed by atoms with Crippen molar-refractivity contribution in [2.45, 2.75) is 38.1 Å². The summed E-state index contributed by atoms with van der Waals surface area (Å²) in [5, 5.41) is 8.90. The quantitative estimate of drug-likeness (QED) is 0.909. The Hall–Kier alpha value is -1.09. The van der Waals surface area contributed by atoms with E-state index >= 15 is 0 Å². The molecule has 0 radical (unpaired) electrons. The van der Waals surface area contributed by atoms with Gasteiger partial charge in [0.15, 0.2) is 0 Å². The van der Waals surface area contributed by atoms with Crippen LogP contribution in [0.5, 0.6) is 0 Å². The molecule has 0 amide bonds. The number of nitrogens with one attached hydrogen (secondary N) is 1. The maximum absolute atomic E-state index is 12.1. The summed E-state index contributed by atoms with van der Waals surface area (Å²) >= 11 is 5.84. The van der Waals surface area contributed by atoms with Gasteiger partial charge in [0.05, 0.1) is 15.5 Å². The summed E-state index contributed by atoms with van der Waals surface area (Å²) in [6.07, 6.45) is 0.753. The van der Waals surface area contributed by atoms with Gasteiger partial charge in [-0.25, -0.2) is 13.1 Å². The van der Waals surface area contributed by atoms with Crippen LogP contribution in [0, 0.1) is 17.2 Å². The van der Waals surface area contributed by atoms with Gasteiger partial charge in [0, 0.05) is 6.04 Å². The number of nitrogens with zero attached hydrogens (tertiary/aromatic N) is 1. The number of halogens is 1. The van der Waals surface area contributed by atoms with E-state index in [9.17, 15) is 8.42 Å². The van der Waals surface area contributed by atoms with E-state index in [-0.39, 0.29) is 21.5 Å². The van der Waals surface area contributed by atoms with Gasteiger partial charge < -0.3 is 0 Å². The molecule has 0 aromatic heterocycles. The van der Waals surface area contributed by atoms with Crippen molar-refractivity contribution in [2.75, 3.05) is 0 Å². The molecule has 0 aliphatic rings. The first kappa shape index (κ1) is 16.0. The highest BCUT2D eigenvalue weighted by Crippen LogP contribution is 2.20. The molecule has 1 aromatic carbocycles. The normalized spacial score (nSPS) is 13.3. The van der Waals surface area contributed by atoms with Gasteiger partial charge in [-0.3, -0.25) is 0 Å². The van der Waals surface area contributed by atoms with Gasteiger partial charge in [0.1, 0.15) is 6.07 Å². The molecule has 19 heavy (non-hydrogen) atoms. The highest BCUT2D eigenvalue weighted by Gasteiger charge is 2.19. The molecule has 1 unspecified atom stereocenters. The summed E-state index contributed by atoms with van der Waals surface area (Å²) in [5.74, 6) is 0.405. The van der Waals surface area contributed by atoms with Crippen molar-refractivity contribution in [3.63, 3.8) is 0 Å². The number of hydrogen-bond acceptors (Lipinski definition) is 3. The van der Waals surface area contributed by atoms with E-state index < -0.39 is 10.0 Å². The molecule has 0 aliphatic carbocycles. The lowest BCUT2D eigenvalue weighted by molar-refractivity contribution is 0.482. The smallest absolute Gasteiger partial charge is 0.208 e. The Labute approximate surface area is 119 Å². The van der Waals surface area contributed by atoms with Crippen LogP contribution in [0.4, 0.5) is 0 Å². The van der Waals surface area contributed by atoms with Crippen molar-refractivity contribution in [1.82, 2.24) is 4.72 Å². The van der Waals surface area contributed by atoms with Crippen molar-refractivity contribution in [3.05, 3.63) is 28.8 Å². The zero-order chi connectivity index (χ0) is 14.6. The van der Waals surface area contributed by atoms with E-state index in [1.807, 2.05) is 26.8 Å². The van der Waals surface area contributed by atoms with E-state index in [0.717, 1.165) is 6.42 Å². The van der Waals surface area contributed by atoms with Gasteiger partial charge in [-0.05, 0) is 37.5 Å². The molecule has 1 aromatic rings. The van der Waals surface area contributed by atoms with Crippen molar-refractivity contribution in [3.8, 4) is 6.07 Å². The lowest BCUT2D eigenvalue weighted by Crippen LogP contribution is -2.33. The van der Waals surface area contributed by atoms with Crippen LogP contribution in [-0.4, -0.2) is 14.5 Å². The van der Waals surface area contributed by atoms with Gasteiger partial charge in [-0.2, -0.15) is 5.26 Å². The zero-order valence-corrected chi connectivity index (χ0v) is 12.7. The summed E-state index contributed by atoms with van der Waals surface area (Å²) in [4.78, 5) is 0.0760. The second-order valence-electron chi connectivity index (χ2n) is 4.91. The highest BCUT2D eigenvalue weighted by molar-refractivity contribution is 7.89. The molecule has 104 valence electrons. The van der Waals surface area contributed by atoms with E-state index in [4.69, 9.17) is 16.9 Å². The van der Waals surface area contributed by atoms with Gasteiger partial charge in [-0.1, -0.05) is 25.4 Å². The van der Waals surface area contributed by atoms with Gasteiger partial charge in [-0.15, -0.1) is 0 Å². The lowest BCUT2D eigenvalue weighted by atomic mass is 10.1. The zero-order valence-electron chi connectivity index (χ0n) is 11.1. The van der Waals surface area contributed by atoms with Crippen molar-refractivity contribution in [1.29, 1.82) is 5.26 Å². The minimum atomic E-state index is -3.60. The van der Waals surface area contributed by atoms with Gasteiger partial charge in [0.25, 0.3) is 0 Å². The van der Waals surface area contributed by atoms with Crippen LogP contribution < -0.4 is 4.72 Å². The number of nitriles is 1. The fourth-order valence-electron chi connectivity index (χ4n) is 1.84. The molecule has 0 saturated heterocycles. The van der Waals surface area contributed by atoms with E-state index in [2.05, 4.69) is 4.72 Å². The predicted octanol–water partition coefficient (Wildman–Crippen LogP) is 2.92. The average molecular weight is 301 g/mol. The third-order valence-electron chi connectivity index (χ3n) is 2.55. The fraction of sp³-hybridized carbons (Fsp3) is 0.462. The average Bonchev–Trinajstić information content (AvgIpc) is 2.26. The van der Waals surface area contributed by atoms with Crippen molar-refractivity contribution < 1.29 is 8.42 Å². The van der Waals surface area contributed by atoms with E-state index in [0.29, 0.717) is 5.92 Å². The first-order valence-corrected chi connectivity index (χ1v) is 7.84. The second-order valence-corrected chi connectivity index (χ2v) is 7.03. The van der Waals surface area contributed by atoms with Gasteiger partial charge >= 0.3 is 0 Å². The molecule has 0 spiro atoms. The third kappa shape index (κ3) is 4.50. The molecule has 1 atom stereocenters. The van der Waals surface area contributed by atoms with Crippen LogP contribution in [0.2, 0.25) is 5.02 Å². The molecule has 0 heterocycles. The van der Waals surface area contributed by atoms with E-state index in [1.54, 1.807) is 0 Å². The first-order valence-electron chi connectivity index (χ1n) is 5.98. The summed E-state index contributed by atoms with van der Waals surface area (Å²) in [6, 6.07) is 5.83. The molecule has 6 heteroatoms. The molecule has 0 fully saturated rings. The summed E-state index contributed by atoms with van der Waals surface area (Å²) < 4.78 is 26.8. The number of benzene rings is 1. The number of hydrogen-bond donors (Lipinski definition) is 1. The molecule has 4 nitrogen and oxygen atoms in total. The SMILES string of the molecule is CC(C)CC(C)NS(=O)(=O)c1ccc(C#N)c(Cl)c1. The van der Waals surface area contributed by atoms with Gasteiger partial charge in [0.2, 0.25) is 10.0 Å². The summed E-state index contributed by atoms with van der Waals surface area (Å²) in [7, 11) is -3.60. The standard InChI is InChI=1S/C13H17ClN2O2S/c1-9(2)6-10(3)16-19(17,18)12-5-4-11(8-15)13(14)7-12/h4-5,7,9-10,16H,6H2,1-3H3. The Balaban J connectivity index is 2.95. The minimum absolute atomic E-state index is 0.0760. The van der Waals surface area contributed by atoms with Crippen molar-refractivity contribution >= 4 is 21.6 Å². The number of sulfonamides is 1. The second kappa shape index (κ2) is 6.38. The predicted molar refractivity (Wildman–Crippen MR) is 75.4 cm³/mol. The van der Waals surface area contributed by atoms with Crippen LogP contribution in [0.3, 0.4) is 0 Å². The van der Waals surface area contributed by atoms with Crippen LogP contribution in [0.15, 0.2) is 23.1 Å². The first-order chi connectivity index (χ1) is 8.76. The van der Waals surface area contributed by atoms with Crippen LogP contribution in [0.1, 0.15) is 32.8 Å². The minimum Gasteiger partial charge on any atom is -0.208 e. The summed E-state index contributed by atoms with van der Waals surface area (Å²) in [6.45, 7) is 5.88. The topological polar surface area (TPSA) is 70.0 Å². The molecule has 0 aliphatic heterocycles. The lowest BCUT2D eigenvalue weighted by Gasteiger charge is -2.16. The van der Waals surface area contributed by atoms with Crippen LogP contribution >= 0.6 is 11.6 Å². The third-order valence-corrected chi connectivity index (χ3v) is 4.45. The Bertz CT molecular complexity index is 591. The Morgan fingerprint density at radius 2 is 2.00 bits per heavy atom. The maximum Gasteiger partial charge on any atom is 0.240 e. The van der Waals surface area contributed by atoms with Crippen LogP contribution in [-0.2, 0) is 10.0 Å². The fourth-order valence-corrected chi connectivity index (χ4v) is 3.41. The number of rotatable bonds is 5. The maximum atomic E-state index is 12.1. The van der Waals surface area contributed by atoms with Crippen LogP contribution in [0.25, 0.3) is 0 Å². The molecule has 0 saturated carbocycles. The Morgan fingerprint density at radius 3 is 2.47 bits per heavy atom. The van der Waals surface area contributed by atoms with E-state index in [1.165, 1.54) is 18.2 Å². The Morgan fingerprint density at radius 1 is 1.37 bits per heavy atom. The molecule has 1 rings (SSSR count). The molecule has 1 N–H and O–H groups in total. The molecular weight excluding hydrogens is 284 g/mol.